The van der Waals surface area contributed by atoms with Crippen LogP contribution in [0, 0.1) is 0 Å². The average Bonchev–Trinajstić information content (AvgIpc) is 2.28. The summed E-state index contributed by atoms with van der Waals surface area (Å²) in [7, 11) is 0. The fourth-order valence-electron chi connectivity index (χ4n) is 2.19. The van der Waals surface area contributed by atoms with Gasteiger partial charge in [-0.25, -0.2) is 0 Å². The zero-order chi connectivity index (χ0) is 13.4. The first kappa shape index (κ1) is 13.8. The van der Waals surface area contributed by atoms with Crippen LogP contribution in [0.3, 0.4) is 0 Å². The lowest BCUT2D eigenvalue weighted by molar-refractivity contribution is -0.143. The molecule has 1 aliphatic heterocycles. The second-order valence-electron chi connectivity index (χ2n) is 4.30. The highest BCUT2D eigenvalue weighted by atomic mass is 79.9. The molecule has 0 amide bonds. The number of ether oxygens (including phenoxy) is 1. The van der Waals surface area contributed by atoms with E-state index < -0.39 is 17.3 Å². The molecule has 0 bridgehead atoms. The second-order valence-corrected chi connectivity index (χ2v) is 5.16. The van der Waals surface area contributed by atoms with E-state index in [1.54, 1.807) is 0 Å². The van der Waals surface area contributed by atoms with E-state index >= 15 is 0 Å². The third-order valence-electron chi connectivity index (χ3n) is 3.10. The van der Waals surface area contributed by atoms with E-state index in [0.717, 1.165) is 6.07 Å². The summed E-state index contributed by atoms with van der Waals surface area (Å²) in [6.07, 6.45) is -4.15. The molecule has 0 spiro atoms. The molecule has 1 saturated heterocycles. The minimum Gasteiger partial charge on any atom is -0.385 e. The van der Waals surface area contributed by atoms with Crippen LogP contribution < -0.4 is 0 Å². The van der Waals surface area contributed by atoms with Crippen LogP contribution in [0.5, 0.6) is 0 Å². The molecule has 6 heteroatoms. The predicted molar refractivity (Wildman–Crippen MR) is 63.1 cm³/mol. The highest BCUT2D eigenvalue weighted by molar-refractivity contribution is 9.10. The van der Waals surface area contributed by atoms with Crippen molar-refractivity contribution in [3.8, 4) is 0 Å². The van der Waals surface area contributed by atoms with Crippen LogP contribution in [-0.2, 0) is 16.5 Å². The molecule has 0 aromatic heterocycles. The van der Waals surface area contributed by atoms with Crippen molar-refractivity contribution < 1.29 is 23.0 Å². The Kier molecular flexibility index (Phi) is 3.71. The molecule has 1 aromatic carbocycles. The van der Waals surface area contributed by atoms with E-state index in [1.807, 2.05) is 0 Å². The van der Waals surface area contributed by atoms with Gasteiger partial charge < -0.3 is 9.84 Å². The van der Waals surface area contributed by atoms with Gasteiger partial charge in [-0.05, 0) is 12.1 Å². The van der Waals surface area contributed by atoms with Crippen molar-refractivity contribution in [1.29, 1.82) is 0 Å². The SMILES string of the molecule is OC1(c2c(Br)cccc2C(F)(F)F)CCOCC1. The maximum atomic E-state index is 13.0. The van der Waals surface area contributed by atoms with Crippen molar-refractivity contribution in [3.63, 3.8) is 0 Å². The Balaban J connectivity index is 2.55. The standard InChI is InChI=1S/C12H12BrF3O2/c13-9-3-1-2-8(12(14,15)16)10(9)11(17)4-6-18-7-5-11/h1-3,17H,4-7H2. The lowest BCUT2D eigenvalue weighted by atomic mass is 9.83. The quantitative estimate of drug-likeness (QED) is 0.857. The van der Waals surface area contributed by atoms with Crippen LogP contribution in [0.2, 0.25) is 0 Å². The van der Waals surface area contributed by atoms with E-state index in [0.29, 0.717) is 0 Å². The smallest absolute Gasteiger partial charge is 0.385 e. The van der Waals surface area contributed by atoms with E-state index in [-0.39, 0.29) is 36.1 Å². The predicted octanol–water partition coefficient (Wildman–Crippen LogP) is 3.47. The van der Waals surface area contributed by atoms with Crippen molar-refractivity contribution in [1.82, 2.24) is 0 Å². The van der Waals surface area contributed by atoms with Crippen LogP contribution in [0.4, 0.5) is 13.2 Å². The fraction of sp³-hybridized carbons (Fsp3) is 0.500. The van der Waals surface area contributed by atoms with Crippen molar-refractivity contribution in [2.24, 2.45) is 0 Å². The highest BCUT2D eigenvalue weighted by Crippen LogP contribution is 2.44. The Bertz CT molecular complexity index is 439. The molecule has 0 radical (unpaired) electrons. The van der Waals surface area contributed by atoms with E-state index in [1.165, 1.54) is 12.1 Å². The van der Waals surface area contributed by atoms with Gasteiger partial charge in [0.15, 0.2) is 0 Å². The Morgan fingerprint density at radius 1 is 1.22 bits per heavy atom. The van der Waals surface area contributed by atoms with E-state index in [9.17, 15) is 18.3 Å². The van der Waals surface area contributed by atoms with Crippen molar-refractivity contribution >= 4 is 15.9 Å². The van der Waals surface area contributed by atoms with E-state index in [2.05, 4.69) is 15.9 Å². The molecule has 0 atom stereocenters. The summed E-state index contributed by atoms with van der Waals surface area (Å²) in [5.41, 5.74) is -2.36. The first-order valence-electron chi connectivity index (χ1n) is 5.51. The average molecular weight is 325 g/mol. The van der Waals surface area contributed by atoms with Crippen molar-refractivity contribution in [3.05, 3.63) is 33.8 Å². The monoisotopic (exact) mass is 324 g/mol. The maximum Gasteiger partial charge on any atom is 0.416 e. The molecule has 1 aliphatic rings. The van der Waals surface area contributed by atoms with Crippen LogP contribution in [-0.4, -0.2) is 18.3 Å². The molecule has 1 aromatic rings. The van der Waals surface area contributed by atoms with Gasteiger partial charge in [-0.3, -0.25) is 0 Å². The fourth-order valence-corrected chi connectivity index (χ4v) is 2.93. The van der Waals surface area contributed by atoms with Crippen molar-refractivity contribution in [2.75, 3.05) is 13.2 Å². The minimum absolute atomic E-state index is 0.0826. The van der Waals surface area contributed by atoms with Gasteiger partial charge in [-0.1, -0.05) is 22.0 Å². The van der Waals surface area contributed by atoms with Crippen molar-refractivity contribution in [2.45, 2.75) is 24.6 Å². The molecule has 2 nitrogen and oxygen atoms in total. The largest absolute Gasteiger partial charge is 0.416 e. The van der Waals surface area contributed by atoms with Crippen LogP contribution >= 0.6 is 15.9 Å². The summed E-state index contributed by atoms with van der Waals surface area (Å²) in [6.45, 7) is 0.518. The molecule has 0 unspecified atom stereocenters. The zero-order valence-corrected chi connectivity index (χ0v) is 11.0. The summed E-state index contributed by atoms with van der Waals surface area (Å²) in [5.74, 6) is 0. The van der Waals surface area contributed by atoms with Gasteiger partial charge in [0.05, 0.1) is 11.2 Å². The lowest BCUT2D eigenvalue weighted by Gasteiger charge is -2.35. The van der Waals surface area contributed by atoms with Gasteiger partial charge in [-0.2, -0.15) is 13.2 Å². The van der Waals surface area contributed by atoms with E-state index in [4.69, 9.17) is 4.74 Å². The van der Waals surface area contributed by atoms with Gasteiger partial charge in [0.1, 0.15) is 0 Å². The molecule has 1 fully saturated rings. The summed E-state index contributed by atoms with van der Waals surface area (Å²) in [6, 6.07) is 3.82. The summed E-state index contributed by atoms with van der Waals surface area (Å²) in [4.78, 5) is 0. The molecule has 2 rings (SSSR count). The summed E-state index contributed by atoms with van der Waals surface area (Å²) < 4.78 is 44.3. The lowest BCUT2D eigenvalue weighted by Crippen LogP contribution is -2.35. The number of aliphatic hydroxyl groups is 1. The maximum absolute atomic E-state index is 13.0. The molecular weight excluding hydrogens is 313 g/mol. The van der Waals surface area contributed by atoms with Gasteiger partial charge in [0.2, 0.25) is 0 Å². The van der Waals surface area contributed by atoms with Crippen LogP contribution in [0.15, 0.2) is 22.7 Å². The number of benzene rings is 1. The number of hydrogen-bond donors (Lipinski definition) is 1. The first-order chi connectivity index (χ1) is 8.34. The normalized spacial score (nSPS) is 19.8. The number of hydrogen-bond acceptors (Lipinski definition) is 2. The van der Waals surface area contributed by atoms with Gasteiger partial charge in [-0.15, -0.1) is 0 Å². The highest BCUT2D eigenvalue weighted by Gasteiger charge is 2.42. The van der Waals surface area contributed by atoms with Crippen LogP contribution in [0.1, 0.15) is 24.0 Å². The summed E-state index contributed by atoms with van der Waals surface area (Å²) in [5, 5.41) is 10.5. The molecular formula is C12H12BrF3O2. The van der Waals surface area contributed by atoms with Gasteiger partial charge in [0, 0.05) is 36.1 Å². The number of alkyl halides is 3. The third kappa shape index (κ3) is 2.55. The van der Waals surface area contributed by atoms with Gasteiger partial charge in [0.25, 0.3) is 0 Å². The molecule has 1 N–H and O–H groups in total. The molecule has 0 saturated carbocycles. The Morgan fingerprint density at radius 2 is 1.83 bits per heavy atom. The molecule has 18 heavy (non-hydrogen) atoms. The van der Waals surface area contributed by atoms with Crippen LogP contribution in [0.25, 0.3) is 0 Å². The Labute approximate surface area is 111 Å². The summed E-state index contributed by atoms with van der Waals surface area (Å²) >= 11 is 3.11. The third-order valence-corrected chi connectivity index (χ3v) is 3.77. The Morgan fingerprint density at radius 3 is 2.39 bits per heavy atom. The molecule has 0 aliphatic carbocycles. The number of halogens is 4. The zero-order valence-electron chi connectivity index (χ0n) is 9.43. The van der Waals surface area contributed by atoms with Gasteiger partial charge >= 0.3 is 6.18 Å². The second kappa shape index (κ2) is 4.83. The topological polar surface area (TPSA) is 29.5 Å². The Hall–Kier alpha value is -0.590. The molecule has 1 heterocycles. The minimum atomic E-state index is -4.48. The molecule has 100 valence electrons. The first-order valence-corrected chi connectivity index (χ1v) is 6.30. The number of rotatable bonds is 1.